The molecular weight excluding hydrogens is 369 g/mol. The Balaban J connectivity index is 1.75. The van der Waals surface area contributed by atoms with Gasteiger partial charge in [-0.3, -0.25) is 9.78 Å². The Kier molecular flexibility index (Phi) is 5.34. The van der Waals surface area contributed by atoms with E-state index < -0.39 is 0 Å². The quantitative estimate of drug-likeness (QED) is 0.677. The zero-order valence-electron chi connectivity index (χ0n) is 16.6. The summed E-state index contributed by atoms with van der Waals surface area (Å²) in [6.07, 6.45) is 3.61. The van der Waals surface area contributed by atoms with E-state index in [-0.39, 0.29) is 17.8 Å². The largest absolute Gasteiger partial charge is 0.497 e. The van der Waals surface area contributed by atoms with Crippen molar-refractivity contribution in [3.8, 4) is 5.75 Å². The summed E-state index contributed by atoms with van der Waals surface area (Å²) < 4.78 is 19.3. The molecule has 150 valence electrons. The minimum Gasteiger partial charge on any atom is -0.497 e. The molecule has 1 aromatic heterocycles. The normalized spacial score (nSPS) is 14.8. The van der Waals surface area contributed by atoms with Crippen LogP contribution in [-0.4, -0.2) is 36.0 Å². The van der Waals surface area contributed by atoms with E-state index in [0.717, 1.165) is 37.2 Å². The number of halogens is 1. The van der Waals surface area contributed by atoms with Crippen molar-refractivity contribution < 1.29 is 13.9 Å². The highest BCUT2D eigenvalue weighted by Gasteiger charge is 2.24. The molecule has 0 unspecified atom stereocenters. The van der Waals surface area contributed by atoms with E-state index in [0.29, 0.717) is 22.2 Å². The molecule has 0 bridgehead atoms. The molecule has 3 aromatic rings. The van der Waals surface area contributed by atoms with Crippen LogP contribution in [0, 0.1) is 5.82 Å². The topological polar surface area (TPSA) is 54.5 Å². The fourth-order valence-electron chi connectivity index (χ4n) is 3.77. The lowest BCUT2D eigenvalue weighted by Crippen LogP contribution is -2.28. The predicted molar refractivity (Wildman–Crippen MR) is 112 cm³/mol. The number of benzene rings is 2. The van der Waals surface area contributed by atoms with Crippen LogP contribution in [0.3, 0.4) is 0 Å². The Bertz CT molecular complexity index is 1030. The van der Waals surface area contributed by atoms with Crippen molar-refractivity contribution in [3.63, 3.8) is 0 Å². The number of carbonyl (C=O) groups is 1. The van der Waals surface area contributed by atoms with Crippen LogP contribution in [0.15, 0.2) is 48.7 Å². The van der Waals surface area contributed by atoms with Gasteiger partial charge in [-0.05, 0) is 55.7 Å². The fourth-order valence-corrected chi connectivity index (χ4v) is 3.77. The number of anilines is 1. The van der Waals surface area contributed by atoms with Crippen molar-refractivity contribution in [3.05, 3.63) is 65.6 Å². The van der Waals surface area contributed by atoms with Crippen LogP contribution >= 0.6 is 0 Å². The number of likely N-dealkylation sites (tertiary alicyclic amines) is 1. The summed E-state index contributed by atoms with van der Waals surface area (Å²) in [5.74, 6) is 0.359. The number of carbonyl (C=O) groups excluding carboxylic acids is 1. The standard InChI is InChI=1S/C23H24FN3O2/c1-15(16-5-8-18(29-2)9-6-16)26-22-19-13-17(24)7-10-21(19)25-14-20(22)23(28)27-11-3-4-12-27/h5-10,13-15H,3-4,11-12H2,1-2H3,(H,25,26)/t15-/m0/s1. The molecule has 0 saturated carbocycles. The third-order valence-electron chi connectivity index (χ3n) is 5.43. The van der Waals surface area contributed by atoms with Gasteiger partial charge in [0, 0.05) is 30.7 Å². The number of hydrogen-bond acceptors (Lipinski definition) is 4. The van der Waals surface area contributed by atoms with Gasteiger partial charge in [0.05, 0.1) is 23.9 Å². The Hall–Kier alpha value is -3.15. The van der Waals surface area contributed by atoms with Gasteiger partial charge in [-0.15, -0.1) is 0 Å². The van der Waals surface area contributed by atoms with Crippen molar-refractivity contribution in [1.82, 2.24) is 9.88 Å². The van der Waals surface area contributed by atoms with Crippen molar-refractivity contribution >= 4 is 22.5 Å². The number of ether oxygens (including phenoxy) is 1. The molecule has 4 rings (SSSR count). The molecule has 5 nitrogen and oxygen atoms in total. The van der Waals surface area contributed by atoms with E-state index in [4.69, 9.17) is 4.74 Å². The maximum Gasteiger partial charge on any atom is 0.257 e. The van der Waals surface area contributed by atoms with Crippen LogP contribution in [0.5, 0.6) is 5.75 Å². The highest BCUT2D eigenvalue weighted by molar-refractivity contribution is 6.07. The molecule has 6 heteroatoms. The van der Waals surface area contributed by atoms with Gasteiger partial charge in [0.25, 0.3) is 5.91 Å². The van der Waals surface area contributed by atoms with Crippen LogP contribution in [0.1, 0.15) is 41.7 Å². The molecule has 2 aromatic carbocycles. The summed E-state index contributed by atoms with van der Waals surface area (Å²) in [6.45, 7) is 3.50. The van der Waals surface area contributed by atoms with Crippen LogP contribution in [0.2, 0.25) is 0 Å². The summed E-state index contributed by atoms with van der Waals surface area (Å²) in [5.41, 5.74) is 2.78. The third-order valence-corrected chi connectivity index (χ3v) is 5.43. The average Bonchev–Trinajstić information content (AvgIpc) is 3.28. The lowest BCUT2D eigenvalue weighted by atomic mass is 10.0. The molecule has 1 saturated heterocycles. The van der Waals surface area contributed by atoms with E-state index in [2.05, 4.69) is 10.3 Å². The first-order chi connectivity index (χ1) is 14.1. The van der Waals surface area contributed by atoms with Gasteiger partial charge in [-0.2, -0.15) is 0 Å². The Labute approximate surface area is 169 Å². The number of methoxy groups -OCH3 is 1. The number of fused-ring (bicyclic) bond motifs is 1. The van der Waals surface area contributed by atoms with Crippen molar-refractivity contribution in [2.45, 2.75) is 25.8 Å². The van der Waals surface area contributed by atoms with Gasteiger partial charge in [-0.1, -0.05) is 12.1 Å². The Morgan fingerprint density at radius 3 is 2.59 bits per heavy atom. The molecule has 1 aliphatic heterocycles. The van der Waals surface area contributed by atoms with Crippen molar-refractivity contribution in [2.75, 3.05) is 25.5 Å². The minimum atomic E-state index is -0.356. The average molecular weight is 393 g/mol. The monoisotopic (exact) mass is 393 g/mol. The first-order valence-corrected chi connectivity index (χ1v) is 9.85. The summed E-state index contributed by atoms with van der Waals surface area (Å²) in [6, 6.07) is 12.1. The van der Waals surface area contributed by atoms with Crippen LogP contribution in [0.25, 0.3) is 10.9 Å². The van der Waals surface area contributed by atoms with Gasteiger partial charge in [0.15, 0.2) is 0 Å². The lowest BCUT2D eigenvalue weighted by molar-refractivity contribution is 0.0793. The zero-order chi connectivity index (χ0) is 20.4. The van der Waals surface area contributed by atoms with E-state index in [1.165, 1.54) is 12.1 Å². The molecule has 0 radical (unpaired) electrons. The second-order valence-electron chi connectivity index (χ2n) is 7.35. The van der Waals surface area contributed by atoms with Crippen LogP contribution in [0.4, 0.5) is 10.1 Å². The molecule has 1 N–H and O–H groups in total. The number of rotatable bonds is 5. The molecule has 1 fully saturated rings. The molecule has 1 amide bonds. The Morgan fingerprint density at radius 1 is 1.17 bits per heavy atom. The minimum absolute atomic E-state index is 0.0643. The molecule has 0 spiro atoms. The van der Waals surface area contributed by atoms with E-state index in [1.54, 1.807) is 19.4 Å². The maximum atomic E-state index is 14.0. The zero-order valence-corrected chi connectivity index (χ0v) is 16.6. The van der Waals surface area contributed by atoms with Gasteiger partial charge in [-0.25, -0.2) is 4.39 Å². The maximum absolute atomic E-state index is 14.0. The first-order valence-electron chi connectivity index (χ1n) is 9.85. The molecule has 2 heterocycles. The van der Waals surface area contributed by atoms with Gasteiger partial charge in [0.2, 0.25) is 0 Å². The summed E-state index contributed by atoms with van der Waals surface area (Å²) in [7, 11) is 1.63. The predicted octanol–water partition coefficient (Wildman–Crippen LogP) is 4.79. The highest BCUT2D eigenvalue weighted by atomic mass is 19.1. The summed E-state index contributed by atoms with van der Waals surface area (Å²) in [4.78, 5) is 19.4. The first kappa shape index (κ1) is 19.2. The lowest BCUT2D eigenvalue weighted by Gasteiger charge is -2.22. The van der Waals surface area contributed by atoms with E-state index in [1.807, 2.05) is 36.1 Å². The van der Waals surface area contributed by atoms with Crippen LogP contribution < -0.4 is 10.1 Å². The van der Waals surface area contributed by atoms with Crippen molar-refractivity contribution in [1.29, 1.82) is 0 Å². The van der Waals surface area contributed by atoms with Crippen molar-refractivity contribution in [2.24, 2.45) is 0 Å². The van der Waals surface area contributed by atoms with E-state index >= 15 is 0 Å². The number of aromatic nitrogens is 1. The second-order valence-corrected chi connectivity index (χ2v) is 7.35. The fraction of sp³-hybridized carbons (Fsp3) is 0.304. The SMILES string of the molecule is COc1ccc([C@H](C)Nc2c(C(=O)N3CCCC3)cnc3ccc(F)cc23)cc1. The number of nitrogens with one attached hydrogen (secondary N) is 1. The number of amides is 1. The molecule has 0 aliphatic carbocycles. The van der Waals surface area contributed by atoms with Gasteiger partial charge < -0.3 is 15.0 Å². The Morgan fingerprint density at radius 2 is 1.90 bits per heavy atom. The molecule has 1 atom stereocenters. The highest BCUT2D eigenvalue weighted by Crippen LogP contribution is 2.32. The molecular formula is C23H24FN3O2. The number of hydrogen-bond donors (Lipinski definition) is 1. The number of nitrogens with zero attached hydrogens (tertiary/aromatic N) is 2. The number of pyridine rings is 1. The summed E-state index contributed by atoms with van der Waals surface area (Å²) >= 11 is 0. The molecule has 1 aliphatic rings. The van der Waals surface area contributed by atoms with Gasteiger partial charge in [0.1, 0.15) is 11.6 Å². The summed E-state index contributed by atoms with van der Waals surface area (Å²) in [5, 5.41) is 4.05. The van der Waals surface area contributed by atoms with Crippen LogP contribution in [-0.2, 0) is 0 Å². The smallest absolute Gasteiger partial charge is 0.257 e. The third kappa shape index (κ3) is 3.88. The van der Waals surface area contributed by atoms with E-state index in [9.17, 15) is 9.18 Å². The van der Waals surface area contributed by atoms with Gasteiger partial charge >= 0.3 is 0 Å². The second kappa shape index (κ2) is 8.07. The molecule has 29 heavy (non-hydrogen) atoms.